The summed E-state index contributed by atoms with van der Waals surface area (Å²) in [6.07, 6.45) is 4.90. The molecule has 0 aromatic carbocycles. The van der Waals surface area contributed by atoms with E-state index in [1.807, 2.05) is 0 Å². The summed E-state index contributed by atoms with van der Waals surface area (Å²) in [7, 11) is 0. The Hall–Kier alpha value is -1.45. The molecule has 1 rings (SSSR count). The Morgan fingerprint density at radius 3 is 2.53 bits per heavy atom. The summed E-state index contributed by atoms with van der Waals surface area (Å²) in [5, 5.41) is 19.3. The molecule has 0 radical (unpaired) electrons. The minimum absolute atomic E-state index is 0.111. The predicted octanol–water partition coefficient (Wildman–Crippen LogP) is 2.86. The first kappa shape index (κ1) is 13.6. The third-order valence-corrected chi connectivity index (χ3v) is 2.97. The molecule has 0 aliphatic carbocycles. The summed E-state index contributed by atoms with van der Waals surface area (Å²) in [6, 6.07) is 1.00. The molecule has 1 atom stereocenters. The number of aromatic amines is 1. The summed E-state index contributed by atoms with van der Waals surface area (Å²) in [6.45, 7) is 4.17. The van der Waals surface area contributed by atoms with Gasteiger partial charge in [0.1, 0.15) is 0 Å². The predicted molar refractivity (Wildman–Crippen MR) is 67.6 cm³/mol. The maximum absolute atomic E-state index is 11.3. The number of unbranched alkanes of at least 4 members (excludes halogenated alkanes) is 1. The van der Waals surface area contributed by atoms with E-state index in [0.29, 0.717) is 5.69 Å². The topological polar surface area (TPSA) is 73.3 Å². The zero-order valence-corrected chi connectivity index (χ0v) is 10.5. The Labute approximate surface area is 101 Å². The van der Waals surface area contributed by atoms with Crippen molar-refractivity contribution in [2.24, 2.45) is 0 Å². The number of H-pyrrole nitrogens is 1. The SMILES string of the molecule is CCCCC(CCC)c1[nH]c(=O)cc(O)c1O. The average molecular weight is 239 g/mol. The molecule has 0 aliphatic heterocycles. The van der Waals surface area contributed by atoms with E-state index in [1.165, 1.54) is 0 Å². The van der Waals surface area contributed by atoms with Crippen LogP contribution in [0.2, 0.25) is 0 Å². The molecular weight excluding hydrogens is 218 g/mol. The molecule has 0 saturated carbocycles. The van der Waals surface area contributed by atoms with Crippen LogP contribution in [-0.4, -0.2) is 15.2 Å². The minimum Gasteiger partial charge on any atom is -0.504 e. The number of hydrogen-bond acceptors (Lipinski definition) is 3. The standard InChI is InChI=1S/C13H21NO3/c1-3-5-7-9(6-4-2)12-13(17)10(15)8-11(16)14-12/h8-9,17H,3-7H2,1-2H3,(H2,14,15,16). The molecule has 0 amide bonds. The van der Waals surface area contributed by atoms with E-state index >= 15 is 0 Å². The van der Waals surface area contributed by atoms with Gasteiger partial charge in [-0.15, -0.1) is 0 Å². The van der Waals surface area contributed by atoms with E-state index in [2.05, 4.69) is 18.8 Å². The Bertz CT molecular complexity index is 412. The van der Waals surface area contributed by atoms with Crippen molar-refractivity contribution in [3.63, 3.8) is 0 Å². The van der Waals surface area contributed by atoms with Crippen LogP contribution < -0.4 is 5.56 Å². The second-order valence-electron chi connectivity index (χ2n) is 4.41. The fourth-order valence-electron chi connectivity index (χ4n) is 2.09. The third-order valence-electron chi connectivity index (χ3n) is 2.97. The van der Waals surface area contributed by atoms with Gasteiger partial charge in [0, 0.05) is 12.0 Å². The molecule has 4 nitrogen and oxygen atoms in total. The van der Waals surface area contributed by atoms with Gasteiger partial charge in [-0.25, -0.2) is 0 Å². The van der Waals surface area contributed by atoms with E-state index in [1.54, 1.807) is 0 Å². The number of pyridine rings is 1. The number of aromatic hydroxyl groups is 2. The van der Waals surface area contributed by atoms with Gasteiger partial charge in [0.2, 0.25) is 0 Å². The molecule has 1 aromatic rings. The summed E-state index contributed by atoms with van der Waals surface area (Å²) in [5.41, 5.74) is 0.109. The van der Waals surface area contributed by atoms with Gasteiger partial charge in [-0.1, -0.05) is 33.1 Å². The van der Waals surface area contributed by atoms with Gasteiger partial charge in [-0.3, -0.25) is 4.79 Å². The van der Waals surface area contributed by atoms with Crippen molar-refractivity contribution in [3.8, 4) is 11.5 Å². The Balaban J connectivity index is 3.04. The fraction of sp³-hybridized carbons (Fsp3) is 0.615. The van der Waals surface area contributed by atoms with E-state index in [9.17, 15) is 15.0 Å². The largest absolute Gasteiger partial charge is 0.504 e. The number of rotatable bonds is 6. The summed E-state index contributed by atoms with van der Waals surface area (Å²) < 4.78 is 0. The first-order chi connectivity index (χ1) is 8.10. The second-order valence-corrected chi connectivity index (χ2v) is 4.41. The maximum atomic E-state index is 11.3. The summed E-state index contributed by atoms with van der Waals surface area (Å²) >= 11 is 0. The van der Waals surface area contributed by atoms with Crippen molar-refractivity contribution in [3.05, 3.63) is 22.1 Å². The molecular formula is C13H21NO3. The minimum atomic E-state index is -0.368. The van der Waals surface area contributed by atoms with Gasteiger partial charge < -0.3 is 15.2 Å². The van der Waals surface area contributed by atoms with Crippen LogP contribution in [0.25, 0.3) is 0 Å². The Morgan fingerprint density at radius 2 is 1.94 bits per heavy atom. The van der Waals surface area contributed by atoms with Gasteiger partial charge >= 0.3 is 0 Å². The first-order valence-corrected chi connectivity index (χ1v) is 6.25. The highest BCUT2D eigenvalue weighted by atomic mass is 16.3. The van der Waals surface area contributed by atoms with Gasteiger partial charge in [-0.05, 0) is 12.8 Å². The highest BCUT2D eigenvalue weighted by molar-refractivity contribution is 5.41. The van der Waals surface area contributed by atoms with Crippen LogP contribution in [0.3, 0.4) is 0 Å². The lowest BCUT2D eigenvalue weighted by molar-refractivity contribution is 0.385. The van der Waals surface area contributed by atoms with E-state index < -0.39 is 0 Å². The Morgan fingerprint density at radius 1 is 1.24 bits per heavy atom. The second kappa shape index (κ2) is 6.33. The molecule has 96 valence electrons. The van der Waals surface area contributed by atoms with Crippen molar-refractivity contribution in [2.75, 3.05) is 0 Å². The number of hydrogen-bond donors (Lipinski definition) is 3. The average Bonchev–Trinajstić information content (AvgIpc) is 2.29. The normalized spacial score (nSPS) is 12.6. The van der Waals surface area contributed by atoms with Crippen molar-refractivity contribution in [1.82, 2.24) is 4.98 Å². The smallest absolute Gasteiger partial charge is 0.252 e. The van der Waals surface area contributed by atoms with Gasteiger partial charge in [0.05, 0.1) is 5.69 Å². The molecule has 0 aliphatic rings. The van der Waals surface area contributed by atoms with Crippen LogP contribution in [0.5, 0.6) is 11.5 Å². The van der Waals surface area contributed by atoms with E-state index in [0.717, 1.165) is 38.2 Å². The van der Waals surface area contributed by atoms with E-state index in [4.69, 9.17) is 0 Å². The van der Waals surface area contributed by atoms with Crippen LogP contribution in [0.4, 0.5) is 0 Å². The lowest BCUT2D eigenvalue weighted by Gasteiger charge is -2.17. The van der Waals surface area contributed by atoms with Crippen LogP contribution in [0, 0.1) is 0 Å². The molecule has 1 heterocycles. The van der Waals surface area contributed by atoms with Crippen molar-refractivity contribution in [2.45, 2.75) is 51.9 Å². The molecule has 0 saturated heterocycles. The van der Waals surface area contributed by atoms with Gasteiger partial charge in [-0.2, -0.15) is 0 Å². The van der Waals surface area contributed by atoms with Gasteiger partial charge in [0.15, 0.2) is 11.5 Å². The molecule has 3 N–H and O–H groups in total. The summed E-state index contributed by atoms with van der Waals surface area (Å²) in [5.74, 6) is -0.403. The molecule has 1 aromatic heterocycles. The lowest BCUT2D eigenvalue weighted by Crippen LogP contribution is -2.11. The molecule has 0 spiro atoms. The molecule has 17 heavy (non-hydrogen) atoms. The van der Waals surface area contributed by atoms with Crippen molar-refractivity contribution in [1.29, 1.82) is 0 Å². The van der Waals surface area contributed by atoms with Crippen LogP contribution in [0.15, 0.2) is 10.9 Å². The zero-order valence-electron chi connectivity index (χ0n) is 10.5. The van der Waals surface area contributed by atoms with Gasteiger partial charge in [0.25, 0.3) is 5.56 Å². The van der Waals surface area contributed by atoms with Crippen molar-refractivity contribution < 1.29 is 10.2 Å². The van der Waals surface area contributed by atoms with Crippen LogP contribution >= 0.6 is 0 Å². The highest BCUT2D eigenvalue weighted by Gasteiger charge is 2.18. The molecule has 0 bridgehead atoms. The zero-order chi connectivity index (χ0) is 12.8. The van der Waals surface area contributed by atoms with E-state index in [-0.39, 0.29) is 23.0 Å². The highest BCUT2D eigenvalue weighted by Crippen LogP contribution is 2.35. The fourth-order valence-corrected chi connectivity index (χ4v) is 2.09. The number of nitrogens with one attached hydrogen (secondary N) is 1. The maximum Gasteiger partial charge on any atom is 0.252 e. The summed E-state index contributed by atoms with van der Waals surface area (Å²) in [4.78, 5) is 14.0. The van der Waals surface area contributed by atoms with Crippen LogP contribution in [0.1, 0.15) is 57.6 Å². The van der Waals surface area contributed by atoms with Crippen molar-refractivity contribution >= 4 is 0 Å². The molecule has 1 unspecified atom stereocenters. The third kappa shape index (κ3) is 3.51. The molecule has 0 fully saturated rings. The quantitative estimate of drug-likeness (QED) is 0.714. The number of aromatic nitrogens is 1. The monoisotopic (exact) mass is 239 g/mol. The van der Waals surface area contributed by atoms with Crippen LogP contribution in [-0.2, 0) is 0 Å². The lowest BCUT2D eigenvalue weighted by atomic mass is 9.92. The molecule has 4 heteroatoms. The Kier molecular flexibility index (Phi) is 5.07. The first-order valence-electron chi connectivity index (χ1n) is 6.25.